The summed E-state index contributed by atoms with van der Waals surface area (Å²) in [5.74, 6) is 0.458. The summed E-state index contributed by atoms with van der Waals surface area (Å²) in [4.78, 5) is 28.9. The minimum Gasteiger partial charge on any atom is -0.448 e. The van der Waals surface area contributed by atoms with Crippen LogP contribution in [0.4, 0.5) is 0 Å². The zero-order chi connectivity index (χ0) is 21.1. The Kier molecular flexibility index (Phi) is 5.48. The molecule has 1 amide bonds. The van der Waals surface area contributed by atoms with Crippen LogP contribution in [0.3, 0.4) is 0 Å². The molecule has 1 aromatic heterocycles. The molecule has 0 fully saturated rings. The van der Waals surface area contributed by atoms with E-state index in [-0.39, 0.29) is 12.5 Å². The van der Waals surface area contributed by atoms with Crippen molar-refractivity contribution in [3.8, 4) is 11.6 Å². The Labute approximate surface area is 174 Å². The summed E-state index contributed by atoms with van der Waals surface area (Å²) in [5, 5.41) is 2.81. The second-order valence-corrected chi connectivity index (χ2v) is 7.35. The van der Waals surface area contributed by atoms with Crippen molar-refractivity contribution in [1.29, 1.82) is 0 Å². The number of nitrogens with one attached hydrogen (secondary N) is 1. The summed E-state index contributed by atoms with van der Waals surface area (Å²) in [6.45, 7) is 4.27. The highest BCUT2D eigenvalue weighted by atomic mass is 16.5. The van der Waals surface area contributed by atoms with E-state index in [1.807, 2.05) is 50.2 Å². The lowest BCUT2D eigenvalue weighted by Crippen LogP contribution is -2.41. The number of carbonyl (C=O) groups is 2. The molecule has 2 heterocycles. The predicted molar refractivity (Wildman–Crippen MR) is 111 cm³/mol. The SMILES string of the molecule is Cc1ccc(C)c(Oc2ccc(CNC(=O)[C@H]3Cc4ccccc4C(=O)O3)cn2)c1. The van der Waals surface area contributed by atoms with E-state index in [1.54, 1.807) is 24.4 Å². The Bertz CT molecular complexity index is 1090. The molecule has 4 rings (SSSR count). The van der Waals surface area contributed by atoms with Gasteiger partial charge >= 0.3 is 5.97 Å². The molecule has 1 N–H and O–H groups in total. The summed E-state index contributed by atoms with van der Waals surface area (Å²) in [6, 6.07) is 16.8. The summed E-state index contributed by atoms with van der Waals surface area (Å²) in [7, 11) is 0. The number of rotatable bonds is 5. The number of amides is 1. The summed E-state index contributed by atoms with van der Waals surface area (Å²) >= 11 is 0. The Morgan fingerprint density at radius 1 is 1.17 bits per heavy atom. The molecule has 1 aliphatic rings. The fraction of sp³-hybridized carbons (Fsp3) is 0.208. The van der Waals surface area contributed by atoms with Gasteiger partial charge in [-0.3, -0.25) is 4.79 Å². The largest absolute Gasteiger partial charge is 0.448 e. The van der Waals surface area contributed by atoms with E-state index in [9.17, 15) is 9.59 Å². The molecule has 0 bridgehead atoms. The quantitative estimate of drug-likeness (QED) is 0.655. The van der Waals surface area contributed by atoms with Gasteiger partial charge in [0.1, 0.15) is 5.75 Å². The number of carbonyl (C=O) groups excluding carboxylic acids is 2. The van der Waals surface area contributed by atoms with Crippen LogP contribution in [0.15, 0.2) is 60.8 Å². The monoisotopic (exact) mass is 402 g/mol. The Morgan fingerprint density at radius 3 is 2.80 bits per heavy atom. The number of nitrogens with zero attached hydrogens (tertiary/aromatic N) is 1. The van der Waals surface area contributed by atoms with Crippen molar-refractivity contribution in [2.75, 3.05) is 0 Å². The molecule has 0 radical (unpaired) electrons. The van der Waals surface area contributed by atoms with Crippen molar-refractivity contribution < 1.29 is 19.1 Å². The number of hydrogen-bond donors (Lipinski definition) is 1. The lowest BCUT2D eigenvalue weighted by atomic mass is 9.98. The third-order valence-corrected chi connectivity index (χ3v) is 5.01. The van der Waals surface area contributed by atoms with Crippen LogP contribution in [-0.2, 0) is 22.5 Å². The van der Waals surface area contributed by atoms with Gasteiger partial charge in [-0.05, 0) is 48.2 Å². The van der Waals surface area contributed by atoms with Gasteiger partial charge in [-0.1, -0.05) is 36.4 Å². The Hall–Kier alpha value is -3.67. The van der Waals surface area contributed by atoms with Crippen LogP contribution >= 0.6 is 0 Å². The van der Waals surface area contributed by atoms with E-state index in [4.69, 9.17) is 9.47 Å². The first-order valence-electron chi connectivity index (χ1n) is 9.76. The molecule has 6 heteroatoms. The zero-order valence-electron chi connectivity index (χ0n) is 16.8. The predicted octanol–water partition coefficient (Wildman–Crippen LogP) is 3.89. The number of pyridine rings is 1. The van der Waals surface area contributed by atoms with Gasteiger partial charge in [-0.25, -0.2) is 9.78 Å². The van der Waals surface area contributed by atoms with Crippen LogP contribution in [0.25, 0.3) is 0 Å². The molecule has 152 valence electrons. The molecule has 3 aromatic rings. The smallest absolute Gasteiger partial charge is 0.339 e. The summed E-state index contributed by atoms with van der Waals surface area (Å²) in [5.41, 5.74) is 4.30. The maximum Gasteiger partial charge on any atom is 0.339 e. The average molecular weight is 402 g/mol. The van der Waals surface area contributed by atoms with Gasteiger partial charge in [0.25, 0.3) is 5.91 Å². The molecule has 0 aliphatic carbocycles. The maximum atomic E-state index is 12.5. The number of aromatic nitrogens is 1. The third-order valence-electron chi connectivity index (χ3n) is 5.01. The van der Waals surface area contributed by atoms with Crippen LogP contribution < -0.4 is 10.1 Å². The van der Waals surface area contributed by atoms with Gasteiger partial charge in [0.2, 0.25) is 5.88 Å². The molecular formula is C24H22N2O4. The van der Waals surface area contributed by atoms with Gasteiger partial charge in [0, 0.05) is 25.2 Å². The second-order valence-electron chi connectivity index (χ2n) is 7.35. The fourth-order valence-electron chi connectivity index (χ4n) is 3.29. The highest BCUT2D eigenvalue weighted by Gasteiger charge is 2.30. The van der Waals surface area contributed by atoms with Crippen LogP contribution in [0, 0.1) is 13.8 Å². The van der Waals surface area contributed by atoms with E-state index in [1.165, 1.54) is 0 Å². The molecule has 1 aliphatic heterocycles. The molecule has 0 unspecified atom stereocenters. The van der Waals surface area contributed by atoms with Crippen LogP contribution in [0.2, 0.25) is 0 Å². The molecular weight excluding hydrogens is 380 g/mol. The number of aryl methyl sites for hydroxylation is 2. The van der Waals surface area contributed by atoms with Crippen LogP contribution in [0.1, 0.15) is 32.6 Å². The average Bonchev–Trinajstić information content (AvgIpc) is 2.75. The lowest BCUT2D eigenvalue weighted by Gasteiger charge is -2.23. The van der Waals surface area contributed by atoms with Crippen molar-refractivity contribution in [3.63, 3.8) is 0 Å². The highest BCUT2D eigenvalue weighted by molar-refractivity contribution is 5.95. The molecule has 1 atom stereocenters. The first kappa shape index (κ1) is 19.6. The molecule has 30 heavy (non-hydrogen) atoms. The number of hydrogen-bond acceptors (Lipinski definition) is 5. The highest BCUT2D eigenvalue weighted by Crippen LogP contribution is 2.25. The van der Waals surface area contributed by atoms with E-state index >= 15 is 0 Å². The normalized spacial score (nSPS) is 15.1. The molecule has 0 saturated carbocycles. The van der Waals surface area contributed by atoms with Gasteiger partial charge in [0.05, 0.1) is 5.56 Å². The standard InChI is InChI=1S/C24H22N2O4/c1-15-7-8-16(2)20(11-15)29-22-10-9-17(13-25-22)14-26-23(27)21-12-18-5-3-4-6-19(18)24(28)30-21/h3-11,13,21H,12,14H2,1-2H3,(H,26,27)/t21-/m1/s1. The first-order valence-corrected chi connectivity index (χ1v) is 9.76. The van der Waals surface area contributed by atoms with Crippen molar-refractivity contribution >= 4 is 11.9 Å². The number of fused-ring (bicyclic) bond motifs is 1. The number of cyclic esters (lactones) is 1. The molecule has 0 spiro atoms. The van der Waals surface area contributed by atoms with E-state index in [0.717, 1.165) is 28.0 Å². The minimum atomic E-state index is -0.827. The maximum absolute atomic E-state index is 12.5. The Morgan fingerprint density at radius 2 is 2.00 bits per heavy atom. The molecule has 2 aromatic carbocycles. The molecule has 6 nitrogen and oxygen atoms in total. The van der Waals surface area contributed by atoms with Crippen molar-refractivity contribution in [2.24, 2.45) is 0 Å². The fourth-order valence-corrected chi connectivity index (χ4v) is 3.29. The number of ether oxygens (including phenoxy) is 2. The first-order chi connectivity index (χ1) is 14.5. The molecule has 0 saturated heterocycles. The van der Waals surface area contributed by atoms with Crippen molar-refractivity contribution in [1.82, 2.24) is 10.3 Å². The minimum absolute atomic E-state index is 0.283. The van der Waals surface area contributed by atoms with E-state index in [0.29, 0.717) is 17.9 Å². The zero-order valence-corrected chi connectivity index (χ0v) is 16.8. The van der Waals surface area contributed by atoms with Crippen LogP contribution in [-0.4, -0.2) is 23.0 Å². The topological polar surface area (TPSA) is 77.5 Å². The second kappa shape index (κ2) is 8.37. The lowest BCUT2D eigenvalue weighted by molar-refractivity contribution is -0.130. The van der Waals surface area contributed by atoms with Gasteiger partial charge in [0.15, 0.2) is 6.10 Å². The summed E-state index contributed by atoms with van der Waals surface area (Å²) in [6.07, 6.45) is 1.20. The number of benzene rings is 2. The van der Waals surface area contributed by atoms with E-state index in [2.05, 4.69) is 10.3 Å². The van der Waals surface area contributed by atoms with Crippen LogP contribution in [0.5, 0.6) is 11.6 Å². The van der Waals surface area contributed by atoms with Gasteiger partial charge in [-0.15, -0.1) is 0 Å². The van der Waals surface area contributed by atoms with Gasteiger partial charge < -0.3 is 14.8 Å². The summed E-state index contributed by atoms with van der Waals surface area (Å²) < 4.78 is 11.1. The van der Waals surface area contributed by atoms with Crippen molar-refractivity contribution in [2.45, 2.75) is 32.9 Å². The van der Waals surface area contributed by atoms with Gasteiger partial charge in [-0.2, -0.15) is 0 Å². The Balaban J connectivity index is 1.35. The number of esters is 1. The van der Waals surface area contributed by atoms with E-state index < -0.39 is 12.1 Å². The van der Waals surface area contributed by atoms with Crippen molar-refractivity contribution in [3.05, 3.63) is 88.6 Å². The third kappa shape index (κ3) is 4.33.